The maximum absolute atomic E-state index is 14.2. The van der Waals surface area contributed by atoms with Gasteiger partial charge in [-0.1, -0.05) is 29.8 Å². The minimum atomic E-state index is -1.16. The Hall–Kier alpha value is -3.36. The third-order valence-corrected chi connectivity index (χ3v) is 7.10. The molecule has 3 aliphatic rings. The van der Waals surface area contributed by atoms with Gasteiger partial charge in [0.05, 0.1) is 13.2 Å². The maximum atomic E-state index is 14.2. The van der Waals surface area contributed by atoms with Crippen LogP contribution in [0.2, 0.25) is 0 Å². The quantitative estimate of drug-likeness (QED) is 0.507. The first-order chi connectivity index (χ1) is 16.9. The van der Waals surface area contributed by atoms with E-state index in [0.717, 1.165) is 11.1 Å². The van der Waals surface area contributed by atoms with Crippen molar-refractivity contribution in [3.63, 3.8) is 0 Å². The van der Waals surface area contributed by atoms with Crippen LogP contribution in [-0.2, 0) is 29.3 Å². The van der Waals surface area contributed by atoms with Gasteiger partial charge >= 0.3 is 12.1 Å². The first kappa shape index (κ1) is 25.7. The van der Waals surface area contributed by atoms with Crippen LogP contribution in [0.1, 0.15) is 59.4 Å². The molecular weight excluding hydrogens is 462 g/mol. The number of nitrogens with zero attached hydrogens (tertiary/aromatic N) is 2. The van der Waals surface area contributed by atoms with E-state index in [1.54, 1.807) is 20.8 Å². The van der Waals surface area contributed by atoms with Crippen molar-refractivity contribution in [2.45, 2.75) is 83.0 Å². The number of likely N-dealkylation sites (tertiary alicyclic amines) is 2. The Morgan fingerprint density at radius 2 is 1.83 bits per heavy atom. The molecule has 1 spiro atoms. The summed E-state index contributed by atoms with van der Waals surface area (Å²) in [5.41, 5.74) is 0.448. The standard InChI is InChI=1S/C27H35N3O6/c1-16(2)14-21-27(17-10-7-8-11-18(17)28-24(27)33)15-20(23(32)35-6)30(21)22(31)19-12-9-13-29(19)25(34)36-26(3,4)5/h7-8,10-11,14,19-21H,9,12-13,15H2,1-6H3,(H,28,33)/t19-,20-,21?,27?/m0/s1. The molecule has 0 bridgehead atoms. The molecule has 1 N–H and O–H groups in total. The average molecular weight is 498 g/mol. The van der Waals surface area contributed by atoms with Crippen LogP contribution in [0.5, 0.6) is 0 Å². The summed E-state index contributed by atoms with van der Waals surface area (Å²) < 4.78 is 10.7. The van der Waals surface area contributed by atoms with Gasteiger partial charge in [-0.05, 0) is 65.5 Å². The minimum Gasteiger partial charge on any atom is -0.467 e. The highest BCUT2D eigenvalue weighted by Gasteiger charge is 2.64. The number of fused-ring (bicyclic) bond motifs is 2. The van der Waals surface area contributed by atoms with Gasteiger partial charge in [0.1, 0.15) is 23.1 Å². The SMILES string of the molecule is COC(=O)[C@@H]1CC2(C(=O)Nc3ccccc32)C(C=C(C)C)N1C(=O)[C@@H]1CCCN1C(=O)OC(C)(C)C. The van der Waals surface area contributed by atoms with E-state index in [9.17, 15) is 19.2 Å². The third kappa shape index (κ3) is 4.24. The highest BCUT2D eigenvalue weighted by atomic mass is 16.6. The number of carbonyl (C=O) groups excluding carboxylic acids is 4. The van der Waals surface area contributed by atoms with Crippen LogP contribution in [0.25, 0.3) is 0 Å². The molecule has 3 amide bonds. The van der Waals surface area contributed by atoms with Crippen LogP contribution in [0.3, 0.4) is 0 Å². The zero-order valence-corrected chi connectivity index (χ0v) is 21.8. The fraction of sp³-hybridized carbons (Fsp3) is 0.556. The topological polar surface area (TPSA) is 105 Å². The normalized spacial score (nSPS) is 27.1. The van der Waals surface area contributed by atoms with Gasteiger partial charge in [0, 0.05) is 12.2 Å². The molecule has 2 saturated heterocycles. The second-order valence-corrected chi connectivity index (χ2v) is 11.0. The summed E-state index contributed by atoms with van der Waals surface area (Å²) in [7, 11) is 1.27. The number of rotatable bonds is 3. The summed E-state index contributed by atoms with van der Waals surface area (Å²) in [6.07, 6.45) is 2.47. The molecule has 9 nitrogen and oxygen atoms in total. The lowest BCUT2D eigenvalue weighted by atomic mass is 9.73. The molecule has 2 fully saturated rings. The molecule has 36 heavy (non-hydrogen) atoms. The van der Waals surface area contributed by atoms with Crippen molar-refractivity contribution in [1.29, 1.82) is 0 Å². The van der Waals surface area contributed by atoms with Crippen molar-refractivity contribution in [3.8, 4) is 0 Å². The van der Waals surface area contributed by atoms with Crippen LogP contribution in [0.15, 0.2) is 35.9 Å². The molecule has 1 aromatic rings. The lowest BCUT2D eigenvalue weighted by Crippen LogP contribution is -2.56. The van der Waals surface area contributed by atoms with Gasteiger partial charge in [0.25, 0.3) is 0 Å². The first-order valence-electron chi connectivity index (χ1n) is 12.4. The first-order valence-corrected chi connectivity index (χ1v) is 12.4. The van der Waals surface area contributed by atoms with Crippen LogP contribution in [0, 0.1) is 0 Å². The molecule has 2 unspecified atom stereocenters. The molecule has 9 heteroatoms. The number of ether oxygens (including phenoxy) is 2. The van der Waals surface area contributed by atoms with E-state index in [1.165, 1.54) is 16.9 Å². The molecule has 3 aliphatic heterocycles. The number of methoxy groups -OCH3 is 1. The van der Waals surface area contributed by atoms with Gasteiger partial charge < -0.3 is 19.7 Å². The molecule has 4 atom stereocenters. The predicted octanol–water partition coefficient (Wildman–Crippen LogP) is 3.38. The fourth-order valence-electron chi connectivity index (χ4n) is 5.69. The number of amides is 3. The monoisotopic (exact) mass is 497 g/mol. The Morgan fingerprint density at radius 3 is 2.47 bits per heavy atom. The summed E-state index contributed by atoms with van der Waals surface area (Å²) in [6, 6.07) is 4.85. The van der Waals surface area contributed by atoms with Crippen molar-refractivity contribution < 1.29 is 28.7 Å². The third-order valence-electron chi connectivity index (χ3n) is 7.10. The van der Waals surface area contributed by atoms with E-state index in [2.05, 4.69) is 5.32 Å². The molecule has 0 saturated carbocycles. The van der Waals surface area contributed by atoms with E-state index < -0.39 is 41.2 Å². The molecule has 0 aliphatic carbocycles. The lowest BCUT2D eigenvalue weighted by Gasteiger charge is -2.36. The summed E-state index contributed by atoms with van der Waals surface area (Å²) >= 11 is 0. The molecule has 0 aromatic heterocycles. The van der Waals surface area contributed by atoms with Crippen LogP contribution < -0.4 is 5.32 Å². The summed E-state index contributed by atoms with van der Waals surface area (Å²) in [6.45, 7) is 9.49. The Labute approximate surface area is 211 Å². The van der Waals surface area contributed by atoms with E-state index in [4.69, 9.17) is 9.47 Å². The van der Waals surface area contributed by atoms with Gasteiger partial charge in [-0.25, -0.2) is 9.59 Å². The Kier molecular flexibility index (Phi) is 6.62. The number of benzene rings is 1. The Bertz CT molecular complexity index is 1120. The summed E-state index contributed by atoms with van der Waals surface area (Å²) in [4.78, 5) is 56.8. The van der Waals surface area contributed by atoms with Crippen molar-refractivity contribution in [2.75, 3.05) is 19.0 Å². The number of carbonyl (C=O) groups is 4. The number of hydrogen-bond acceptors (Lipinski definition) is 6. The van der Waals surface area contributed by atoms with Gasteiger partial charge in [-0.3, -0.25) is 14.5 Å². The molecule has 0 radical (unpaired) electrons. The zero-order chi connectivity index (χ0) is 26.4. The molecule has 4 rings (SSSR count). The van der Waals surface area contributed by atoms with Gasteiger partial charge in [0.2, 0.25) is 11.8 Å². The predicted molar refractivity (Wildman–Crippen MR) is 133 cm³/mol. The number of nitrogens with one attached hydrogen (secondary N) is 1. The largest absolute Gasteiger partial charge is 0.467 e. The highest BCUT2D eigenvalue weighted by molar-refractivity contribution is 6.09. The lowest BCUT2D eigenvalue weighted by molar-refractivity contribution is -0.153. The average Bonchev–Trinajstić information content (AvgIpc) is 3.48. The van der Waals surface area contributed by atoms with E-state index in [1.807, 2.05) is 44.2 Å². The number of anilines is 1. The second kappa shape index (κ2) is 9.26. The van der Waals surface area contributed by atoms with Gasteiger partial charge in [0.15, 0.2) is 0 Å². The van der Waals surface area contributed by atoms with Gasteiger partial charge in [-0.2, -0.15) is 0 Å². The number of esters is 1. The molecule has 1 aromatic carbocycles. The molecular formula is C27H35N3O6. The number of para-hydroxylation sites is 1. The number of allylic oxidation sites excluding steroid dienone is 1. The highest BCUT2D eigenvalue weighted by Crippen LogP contribution is 2.51. The van der Waals surface area contributed by atoms with Crippen molar-refractivity contribution in [2.24, 2.45) is 0 Å². The van der Waals surface area contributed by atoms with Crippen molar-refractivity contribution in [3.05, 3.63) is 41.5 Å². The smallest absolute Gasteiger partial charge is 0.410 e. The zero-order valence-electron chi connectivity index (χ0n) is 21.8. The van der Waals surface area contributed by atoms with Crippen LogP contribution in [0.4, 0.5) is 10.5 Å². The van der Waals surface area contributed by atoms with Crippen LogP contribution >= 0.6 is 0 Å². The van der Waals surface area contributed by atoms with Gasteiger partial charge in [-0.15, -0.1) is 0 Å². The summed E-state index contributed by atoms with van der Waals surface area (Å²) in [5.74, 6) is -1.23. The second-order valence-electron chi connectivity index (χ2n) is 11.0. The Morgan fingerprint density at radius 1 is 1.14 bits per heavy atom. The summed E-state index contributed by atoms with van der Waals surface area (Å²) in [5, 5.41) is 2.95. The Balaban J connectivity index is 1.80. The number of hydrogen-bond donors (Lipinski definition) is 1. The fourth-order valence-corrected chi connectivity index (χ4v) is 5.69. The van der Waals surface area contributed by atoms with Crippen molar-refractivity contribution in [1.82, 2.24) is 9.80 Å². The van der Waals surface area contributed by atoms with Crippen LogP contribution in [-0.4, -0.2) is 71.1 Å². The minimum absolute atomic E-state index is 0.0852. The van der Waals surface area contributed by atoms with Crippen molar-refractivity contribution >= 4 is 29.6 Å². The molecule has 3 heterocycles. The van der Waals surface area contributed by atoms with E-state index >= 15 is 0 Å². The maximum Gasteiger partial charge on any atom is 0.410 e. The van der Waals surface area contributed by atoms with E-state index in [-0.39, 0.29) is 18.2 Å². The van der Waals surface area contributed by atoms with E-state index in [0.29, 0.717) is 25.1 Å². The molecule has 194 valence electrons.